The number of anilines is 1. The first-order valence-corrected chi connectivity index (χ1v) is 10.3. The van der Waals surface area contributed by atoms with E-state index in [-0.39, 0.29) is 41.9 Å². The molecule has 7 nitrogen and oxygen atoms in total. The van der Waals surface area contributed by atoms with Gasteiger partial charge in [0.15, 0.2) is 5.96 Å². The van der Waals surface area contributed by atoms with Gasteiger partial charge in [-0.15, -0.1) is 24.0 Å². The Morgan fingerprint density at radius 1 is 1.22 bits per heavy atom. The van der Waals surface area contributed by atoms with Crippen LogP contribution in [0.3, 0.4) is 0 Å². The second-order valence-electron chi connectivity index (χ2n) is 7.52. The molecule has 1 aromatic heterocycles. The monoisotopic (exact) mass is 561 g/mol. The summed E-state index contributed by atoms with van der Waals surface area (Å²) in [4.78, 5) is 10.6. The Kier molecular flexibility index (Phi) is 10.2. The number of benzene rings is 1. The highest BCUT2D eigenvalue weighted by molar-refractivity contribution is 14.0. The summed E-state index contributed by atoms with van der Waals surface area (Å²) in [6.07, 6.45) is 2.71. The number of hydrogen-bond donors (Lipinski definition) is 2. The summed E-state index contributed by atoms with van der Waals surface area (Å²) in [5.74, 6) is 1.47. The molecule has 1 fully saturated rings. The lowest BCUT2D eigenvalue weighted by atomic mass is 10.2. The Balaban J connectivity index is 0.00000363. The molecule has 1 atom stereocenters. The largest absolute Gasteiger partial charge is 0.475 e. The zero-order valence-corrected chi connectivity index (χ0v) is 20.8. The number of hydrogen-bond acceptors (Lipinski definition) is 5. The summed E-state index contributed by atoms with van der Waals surface area (Å²) in [7, 11) is 1.71. The van der Waals surface area contributed by atoms with Gasteiger partial charge in [0.25, 0.3) is 0 Å². The Bertz CT molecular complexity index is 868. The summed E-state index contributed by atoms with van der Waals surface area (Å²) in [5.41, 5.74) is 1.68. The van der Waals surface area contributed by atoms with Crippen LogP contribution < -0.4 is 25.0 Å². The number of nitrogens with one attached hydrogen (secondary N) is 2. The molecule has 10 heteroatoms. The van der Waals surface area contributed by atoms with Gasteiger partial charge in [0.1, 0.15) is 5.75 Å². The van der Waals surface area contributed by atoms with Crippen LogP contribution in [0.4, 0.5) is 14.5 Å². The van der Waals surface area contributed by atoms with Gasteiger partial charge in [0, 0.05) is 45.0 Å². The summed E-state index contributed by atoms with van der Waals surface area (Å²) in [5, 5.41) is 6.68. The van der Waals surface area contributed by atoms with Gasteiger partial charge in [-0.05, 0) is 38.0 Å². The molecule has 1 saturated heterocycles. The van der Waals surface area contributed by atoms with E-state index in [2.05, 4.69) is 25.3 Å². The number of pyridine rings is 1. The Labute approximate surface area is 204 Å². The van der Waals surface area contributed by atoms with Crippen molar-refractivity contribution in [3.05, 3.63) is 48.2 Å². The van der Waals surface area contributed by atoms with E-state index in [1.807, 2.05) is 36.9 Å². The number of aliphatic imine (C=N–C) groups is 1. The SMILES string of the molecule is CN=C(NCc1ccc(OC(C)C)nc1)NC1CCN(c2ccccc2OC(F)F)C1.I. The van der Waals surface area contributed by atoms with Crippen LogP contribution in [0.15, 0.2) is 47.6 Å². The predicted octanol–water partition coefficient (Wildman–Crippen LogP) is 4.03. The standard InChI is InChI=1S/C22H29F2N5O2.HI/c1-15(2)30-20-9-8-16(12-26-20)13-27-22(25-3)28-17-10-11-29(14-17)18-6-4-5-7-19(18)31-21(23)24;/h4-9,12,15,17,21H,10-11,13-14H2,1-3H3,(H2,25,27,28);1H. The van der Waals surface area contributed by atoms with Crippen molar-refractivity contribution in [2.75, 3.05) is 25.0 Å². The molecule has 1 aliphatic rings. The number of ether oxygens (including phenoxy) is 2. The average molecular weight is 561 g/mol. The molecule has 176 valence electrons. The number of alkyl halides is 2. The van der Waals surface area contributed by atoms with Crippen LogP contribution in [0.1, 0.15) is 25.8 Å². The molecule has 0 aliphatic carbocycles. The number of nitrogens with zero attached hydrogens (tertiary/aromatic N) is 3. The third-order valence-corrected chi connectivity index (χ3v) is 4.79. The number of rotatable bonds is 8. The molecule has 0 radical (unpaired) electrons. The van der Waals surface area contributed by atoms with Crippen LogP contribution >= 0.6 is 24.0 Å². The summed E-state index contributed by atoms with van der Waals surface area (Å²) >= 11 is 0. The molecule has 0 bridgehead atoms. The lowest BCUT2D eigenvalue weighted by Crippen LogP contribution is -2.44. The van der Waals surface area contributed by atoms with Crippen molar-refractivity contribution < 1.29 is 18.3 Å². The summed E-state index contributed by atoms with van der Waals surface area (Å²) in [6.45, 7) is 3.03. The molecular formula is C22H30F2IN5O2. The Morgan fingerprint density at radius 2 is 2.00 bits per heavy atom. The van der Waals surface area contributed by atoms with Gasteiger partial charge in [-0.2, -0.15) is 8.78 Å². The van der Waals surface area contributed by atoms with E-state index in [1.54, 1.807) is 31.4 Å². The van der Waals surface area contributed by atoms with Crippen LogP contribution in [0, 0.1) is 0 Å². The van der Waals surface area contributed by atoms with Crippen LogP contribution in [-0.4, -0.2) is 49.8 Å². The van der Waals surface area contributed by atoms with Crippen molar-refractivity contribution in [2.24, 2.45) is 4.99 Å². The second-order valence-corrected chi connectivity index (χ2v) is 7.52. The molecule has 3 rings (SSSR count). The highest BCUT2D eigenvalue weighted by atomic mass is 127. The van der Waals surface area contributed by atoms with Crippen LogP contribution in [-0.2, 0) is 6.54 Å². The molecule has 1 aliphatic heterocycles. The maximum atomic E-state index is 12.7. The van der Waals surface area contributed by atoms with E-state index >= 15 is 0 Å². The number of guanidine groups is 1. The smallest absolute Gasteiger partial charge is 0.387 e. The van der Waals surface area contributed by atoms with E-state index < -0.39 is 6.61 Å². The van der Waals surface area contributed by atoms with Crippen LogP contribution in [0.25, 0.3) is 0 Å². The third-order valence-electron chi connectivity index (χ3n) is 4.79. The van der Waals surface area contributed by atoms with Gasteiger partial charge in [0.05, 0.1) is 11.8 Å². The molecule has 32 heavy (non-hydrogen) atoms. The molecule has 0 amide bonds. The van der Waals surface area contributed by atoms with Crippen molar-refractivity contribution >= 4 is 35.6 Å². The molecule has 2 heterocycles. The van der Waals surface area contributed by atoms with Gasteiger partial charge in [0.2, 0.25) is 5.88 Å². The van der Waals surface area contributed by atoms with Crippen molar-refractivity contribution in [1.29, 1.82) is 0 Å². The zero-order chi connectivity index (χ0) is 22.2. The van der Waals surface area contributed by atoms with Gasteiger partial charge < -0.3 is 25.0 Å². The Hall–Kier alpha value is -2.37. The fourth-order valence-electron chi connectivity index (χ4n) is 3.41. The van der Waals surface area contributed by atoms with E-state index in [9.17, 15) is 8.78 Å². The molecule has 2 aromatic rings. The van der Waals surface area contributed by atoms with Gasteiger partial charge in [-0.1, -0.05) is 18.2 Å². The highest BCUT2D eigenvalue weighted by Crippen LogP contribution is 2.31. The molecular weight excluding hydrogens is 531 g/mol. The lowest BCUT2D eigenvalue weighted by Gasteiger charge is -2.22. The minimum atomic E-state index is -2.85. The topological polar surface area (TPSA) is 71.0 Å². The van der Waals surface area contributed by atoms with Crippen molar-refractivity contribution in [3.63, 3.8) is 0 Å². The van der Waals surface area contributed by atoms with Crippen molar-refractivity contribution in [3.8, 4) is 11.6 Å². The maximum Gasteiger partial charge on any atom is 0.387 e. The van der Waals surface area contributed by atoms with Crippen molar-refractivity contribution in [2.45, 2.75) is 45.6 Å². The third kappa shape index (κ3) is 7.64. The summed E-state index contributed by atoms with van der Waals surface area (Å²) in [6, 6.07) is 10.8. The van der Waals surface area contributed by atoms with E-state index in [0.29, 0.717) is 30.6 Å². The quantitative estimate of drug-likeness (QED) is 0.288. The van der Waals surface area contributed by atoms with E-state index in [1.165, 1.54) is 0 Å². The average Bonchev–Trinajstić information content (AvgIpc) is 3.20. The molecule has 0 spiro atoms. The molecule has 1 unspecified atom stereocenters. The number of halogens is 3. The minimum Gasteiger partial charge on any atom is -0.475 e. The van der Waals surface area contributed by atoms with Gasteiger partial charge in [-0.25, -0.2) is 4.98 Å². The van der Waals surface area contributed by atoms with E-state index in [4.69, 9.17) is 4.74 Å². The zero-order valence-electron chi connectivity index (χ0n) is 18.4. The van der Waals surface area contributed by atoms with Crippen LogP contribution in [0.5, 0.6) is 11.6 Å². The first-order chi connectivity index (χ1) is 14.9. The summed E-state index contributed by atoms with van der Waals surface area (Å²) < 4.78 is 35.6. The maximum absolute atomic E-state index is 12.7. The van der Waals surface area contributed by atoms with Gasteiger partial charge in [-0.3, -0.25) is 4.99 Å². The lowest BCUT2D eigenvalue weighted by molar-refractivity contribution is -0.0495. The first kappa shape index (κ1) is 25.9. The Morgan fingerprint density at radius 3 is 2.66 bits per heavy atom. The highest BCUT2D eigenvalue weighted by Gasteiger charge is 2.26. The second kappa shape index (κ2) is 12.6. The normalized spacial score (nSPS) is 16.2. The van der Waals surface area contributed by atoms with Gasteiger partial charge >= 0.3 is 6.61 Å². The minimum absolute atomic E-state index is 0. The predicted molar refractivity (Wildman–Crippen MR) is 132 cm³/mol. The molecule has 2 N–H and O–H groups in total. The number of para-hydroxylation sites is 2. The number of aromatic nitrogens is 1. The molecule has 1 aromatic carbocycles. The fraction of sp³-hybridized carbons (Fsp3) is 0.455. The first-order valence-electron chi connectivity index (χ1n) is 10.3. The fourth-order valence-corrected chi connectivity index (χ4v) is 3.41. The van der Waals surface area contributed by atoms with Crippen molar-refractivity contribution in [1.82, 2.24) is 15.6 Å². The van der Waals surface area contributed by atoms with E-state index in [0.717, 1.165) is 18.5 Å². The van der Waals surface area contributed by atoms with Crippen LogP contribution in [0.2, 0.25) is 0 Å². The molecule has 0 saturated carbocycles.